The number of amidine groups is 1. The van der Waals surface area contributed by atoms with Crippen molar-refractivity contribution < 1.29 is 13.6 Å². The lowest BCUT2D eigenvalue weighted by Crippen LogP contribution is -2.48. The molecule has 112 valence electrons. The Hall–Kier alpha value is -0.820. The Bertz CT molecular complexity index is 420. The lowest BCUT2D eigenvalue weighted by Gasteiger charge is -2.39. The normalized spacial score (nSPS) is 26.1. The Morgan fingerprint density at radius 2 is 2.11 bits per heavy atom. The molecule has 0 aromatic carbocycles. The van der Waals surface area contributed by atoms with E-state index in [2.05, 4.69) is 10.1 Å². The summed E-state index contributed by atoms with van der Waals surface area (Å²) in [5.74, 6) is 0.162. The Labute approximate surface area is 115 Å². The van der Waals surface area contributed by atoms with E-state index >= 15 is 0 Å². The van der Waals surface area contributed by atoms with Gasteiger partial charge in [-0.3, -0.25) is 4.90 Å². The van der Waals surface area contributed by atoms with Crippen LogP contribution in [0.25, 0.3) is 0 Å². The molecule has 0 aromatic heterocycles. The zero-order chi connectivity index (χ0) is 14.6. The average Bonchev–Trinajstić information content (AvgIpc) is 2.34. The van der Waals surface area contributed by atoms with Crippen molar-refractivity contribution >= 4 is 15.7 Å². The molecule has 3 N–H and O–H groups in total. The summed E-state index contributed by atoms with van der Waals surface area (Å²) in [6.45, 7) is 4.44. The molecule has 0 saturated heterocycles. The van der Waals surface area contributed by atoms with Crippen molar-refractivity contribution in [2.45, 2.75) is 56.9 Å². The first-order valence-corrected chi connectivity index (χ1v) is 8.62. The van der Waals surface area contributed by atoms with Gasteiger partial charge in [0, 0.05) is 18.3 Å². The maximum Gasteiger partial charge on any atom is 0.153 e. The summed E-state index contributed by atoms with van der Waals surface area (Å²) in [6.07, 6.45) is 4.55. The van der Waals surface area contributed by atoms with Crippen molar-refractivity contribution in [1.29, 1.82) is 0 Å². The van der Waals surface area contributed by atoms with Gasteiger partial charge < -0.3 is 10.9 Å². The Morgan fingerprint density at radius 1 is 1.47 bits per heavy atom. The molecule has 0 aromatic rings. The number of nitrogens with zero attached hydrogens (tertiary/aromatic N) is 2. The summed E-state index contributed by atoms with van der Waals surface area (Å²) in [6, 6.07) is 0.400. The first kappa shape index (κ1) is 16.2. The van der Waals surface area contributed by atoms with E-state index in [0.717, 1.165) is 19.3 Å². The second-order valence-corrected chi connectivity index (χ2v) is 7.96. The van der Waals surface area contributed by atoms with E-state index < -0.39 is 9.84 Å². The minimum absolute atomic E-state index is 0.162. The lowest BCUT2D eigenvalue weighted by molar-refractivity contribution is 0.140. The number of sulfone groups is 1. The predicted molar refractivity (Wildman–Crippen MR) is 76.1 cm³/mol. The summed E-state index contributed by atoms with van der Waals surface area (Å²) in [7, 11) is -2.99. The van der Waals surface area contributed by atoms with Crippen molar-refractivity contribution in [3.05, 3.63) is 0 Å². The number of hydrogen-bond acceptors (Lipinski definition) is 5. The summed E-state index contributed by atoms with van der Waals surface area (Å²) < 4.78 is 23.4. The molecule has 0 amide bonds. The molecule has 0 bridgehead atoms. The third-order valence-electron chi connectivity index (χ3n) is 3.81. The smallest absolute Gasteiger partial charge is 0.153 e. The van der Waals surface area contributed by atoms with Gasteiger partial charge in [-0.2, -0.15) is 0 Å². The molecule has 7 heteroatoms. The largest absolute Gasteiger partial charge is 0.409 e. The van der Waals surface area contributed by atoms with E-state index in [1.54, 1.807) is 0 Å². The fourth-order valence-corrected chi connectivity index (χ4v) is 3.93. The van der Waals surface area contributed by atoms with Crippen molar-refractivity contribution in [3.63, 3.8) is 0 Å². The highest BCUT2D eigenvalue weighted by atomic mass is 32.2. The van der Waals surface area contributed by atoms with Crippen LogP contribution >= 0.6 is 0 Å². The van der Waals surface area contributed by atoms with Crippen LogP contribution in [0.15, 0.2) is 5.16 Å². The minimum atomic E-state index is -2.99. The molecule has 1 aliphatic carbocycles. The van der Waals surface area contributed by atoms with Crippen molar-refractivity contribution in [2.24, 2.45) is 10.9 Å². The standard InChI is InChI=1S/C12H25N3O3S/c1-9(2)15(8-12(13)14-16)10-5-4-6-11(7-10)19(3,17)18/h9-11,16H,4-8H2,1-3H3,(H2,13,14). The molecule has 1 fully saturated rings. The third-order valence-corrected chi connectivity index (χ3v) is 5.45. The third kappa shape index (κ3) is 4.65. The number of nitrogens with two attached hydrogens (primary N) is 1. The molecule has 0 aliphatic heterocycles. The van der Waals surface area contributed by atoms with Gasteiger partial charge >= 0.3 is 0 Å². The molecule has 2 atom stereocenters. The maximum absolute atomic E-state index is 11.7. The quantitative estimate of drug-likeness (QED) is 0.338. The van der Waals surface area contributed by atoms with Gasteiger partial charge in [-0.05, 0) is 33.1 Å². The molecule has 1 saturated carbocycles. The van der Waals surface area contributed by atoms with E-state index in [1.807, 2.05) is 13.8 Å². The Morgan fingerprint density at radius 3 is 2.58 bits per heavy atom. The van der Waals surface area contributed by atoms with Crippen LogP contribution in [-0.2, 0) is 9.84 Å². The topological polar surface area (TPSA) is 96.0 Å². The second-order valence-electron chi connectivity index (χ2n) is 5.63. The highest BCUT2D eigenvalue weighted by Crippen LogP contribution is 2.28. The summed E-state index contributed by atoms with van der Waals surface area (Å²) in [5.41, 5.74) is 5.58. The van der Waals surface area contributed by atoms with E-state index in [0.29, 0.717) is 13.0 Å². The van der Waals surface area contributed by atoms with Crippen molar-refractivity contribution in [3.8, 4) is 0 Å². The van der Waals surface area contributed by atoms with Crippen LogP contribution in [0.4, 0.5) is 0 Å². The van der Waals surface area contributed by atoms with Gasteiger partial charge in [0.2, 0.25) is 0 Å². The fraction of sp³-hybridized carbons (Fsp3) is 0.917. The van der Waals surface area contributed by atoms with Crippen LogP contribution in [0.1, 0.15) is 39.5 Å². The average molecular weight is 291 g/mol. The maximum atomic E-state index is 11.7. The van der Waals surface area contributed by atoms with E-state index in [1.165, 1.54) is 6.26 Å². The van der Waals surface area contributed by atoms with Crippen LogP contribution in [0.2, 0.25) is 0 Å². The van der Waals surface area contributed by atoms with Crippen LogP contribution in [0.5, 0.6) is 0 Å². The van der Waals surface area contributed by atoms with Gasteiger partial charge in [-0.15, -0.1) is 0 Å². The summed E-state index contributed by atoms with van der Waals surface area (Å²) in [5, 5.41) is 11.4. The highest BCUT2D eigenvalue weighted by Gasteiger charge is 2.33. The van der Waals surface area contributed by atoms with Crippen LogP contribution in [0.3, 0.4) is 0 Å². The SMILES string of the molecule is CC(C)N(CC(N)=NO)C1CCCC(S(C)(=O)=O)C1. The number of hydrogen-bond donors (Lipinski definition) is 2. The second kappa shape index (κ2) is 6.56. The monoisotopic (exact) mass is 291 g/mol. The first-order chi connectivity index (χ1) is 8.75. The molecule has 1 rings (SSSR count). The lowest BCUT2D eigenvalue weighted by atomic mass is 9.93. The molecule has 0 radical (unpaired) electrons. The molecule has 19 heavy (non-hydrogen) atoms. The zero-order valence-electron chi connectivity index (χ0n) is 11.9. The molecule has 1 aliphatic rings. The van der Waals surface area contributed by atoms with Crippen LogP contribution in [0, 0.1) is 0 Å². The Kier molecular flexibility index (Phi) is 5.61. The predicted octanol–water partition coefficient (Wildman–Crippen LogP) is 0.799. The molecule has 2 unspecified atom stereocenters. The zero-order valence-corrected chi connectivity index (χ0v) is 12.7. The van der Waals surface area contributed by atoms with E-state index in [4.69, 9.17) is 10.9 Å². The van der Waals surface area contributed by atoms with Gasteiger partial charge in [-0.1, -0.05) is 11.6 Å². The van der Waals surface area contributed by atoms with Gasteiger partial charge in [0.15, 0.2) is 5.84 Å². The van der Waals surface area contributed by atoms with E-state index in [9.17, 15) is 8.42 Å². The van der Waals surface area contributed by atoms with Crippen LogP contribution in [-0.4, -0.2) is 54.5 Å². The molecular formula is C12H25N3O3S. The fourth-order valence-electron chi connectivity index (χ4n) is 2.76. The van der Waals surface area contributed by atoms with Crippen LogP contribution < -0.4 is 5.73 Å². The molecule has 0 heterocycles. The molecule has 0 spiro atoms. The molecular weight excluding hydrogens is 266 g/mol. The highest BCUT2D eigenvalue weighted by molar-refractivity contribution is 7.91. The minimum Gasteiger partial charge on any atom is -0.409 e. The van der Waals surface area contributed by atoms with Gasteiger partial charge in [0.1, 0.15) is 9.84 Å². The van der Waals surface area contributed by atoms with E-state index in [-0.39, 0.29) is 23.2 Å². The summed E-state index contributed by atoms with van der Waals surface area (Å²) in [4.78, 5) is 2.12. The van der Waals surface area contributed by atoms with Crippen molar-refractivity contribution in [1.82, 2.24) is 4.90 Å². The molecule has 6 nitrogen and oxygen atoms in total. The van der Waals surface area contributed by atoms with Gasteiger partial charge in [-0.25, -0.2) is 8.42 Å². The van der Waals surface area contributed by atoms with Gasteiger partial charge in [0.05, 0.1) is 11.8 Å². The van der Waals surface area contributed by atoms with Crippen molar-refractivity contribution in [2.75, 3.05) is 12.8 Å². The summed E-state index contributed by atoms with van der Waals surface area (Å²) >= 11 is 0. The van der Waals surface area contributed by atoms with Gasteiger partial charge in [0.25, 0.3) is 0 Å². The Balaban J connectivity index is 2.79. The number of oxime groups is 1. The first-order valence-electron chi connectivity index (χ1n) is 6.66. The number of rotatable bonds is 5.